The van der Waals surface area contributed by atoms with Crippen molar-refractivity contribution in [3.63, 3.8) is 0 Å². The minimum absolute atomic E-state index is 0.132. The van der Waals surface area contributed by atoms with E-state index in [1.54, 1.807) is 0 Å². The second-order valence-corrected chi connectivity index (χ2v) is 8.77. The standard InChI is InChI=1S/C13H23N5O3S2/c1-10-5-3-7-18(9-10)8-4-6-14-23(20,21)13-17-16-12(22-13)15-11(2)19/h10,14H,3-9H2,1-2H3,(H,15,16,19). The minimum atomic E-state index is -3.66. The van der Waals surface area contributed by atoms with E-state index >= 15 is 0 Å². The molecule has 2 rings (SSSR count). The van der Waals surface area contributed by atoms with Crippen LogP contribution in [0, 0.1) is 5.92 Å². The quantitative estimate of drug-likeness (QED) is 0.552. The maximum Gasteiger partial charge on any atom is 0.269 e. The molecule has 2 N–H and O–H groups in total. The van der Waals surface area contributed by atoms with Crippen molar-refractivity contribution in [3.05, 3.63) is 0 Å². The zero-order valence-corrected chi connectivity index (χ0v) is 15.0. The van der Waals surface area contributed by atoms with Crippen molar-refractivity contribution in [2.75, 3.05) is 31.5 Å². The van der Waals surface area contributed by atoms with E-state index in [0.29, 0.717) is 12.5 Å². The third kappa shape index (κ3) is 5.79. The summed E-state index contributed by atoms with van der Waals surface area (Å²) in [6.45, 7) is 7.01. The lowest BCUT2D eigenvalue weighted by molar-refractivity contribution is -0.114. The van der Waals surface area contributed by atoms with Gasteiger partial charge in [-0.25, -0.2) is 13.1 Å². The van der Waals surface area contributed by atoms with Crippen molar-refractivity contribution in [1.29, 1.82) is 0 Å². The van der Waals surface area contributed by atoms with Crippen molar-refractivity contribution in [2.45, 2.75) is 37.4 Å². The molecule has 1 fully saturated rings. The van der Waals surface area contributed by atoms with Crippen LogP contribution >= 0.6 is 11.3 Å². The first kappa shape index (κ1) is 18.2. The van der Waals surface area contributed by atoms with Crippen LogP contribution in [0.15, 0.2) is 4.34 Å². The Morgan fingerprint density at radius 2 is 2.22 bits per heavy atom. The van der Waals surface area contributed by atoms with Gasteiger partial charge in [0.25, 0.3) is 10.0 Å². The van der Waals surface area contributed by atoms with Gasteiger partial charge in [-0.05, 0) is 38.3 Å². The molecule has 10 heteroatoms. The number of sulfonamides is 1. The molecule has 23 heavy (non-hydrogen) atoms. The lowest BCUT2D eigenvalue weighted by atomic mass is 10.0. The number of likely N-dealkylation sites (tertiary alicyclic amines) is 1. The SMILES string of the molecule is CC(=O)Nc1nnc(S(=O)(=O)NCCCN2CCCC(C)C2)s1. The highest BCUT2D eigenvalue weighted by Crippen LogP contribution is 2.19. The number of piperidine rings is 1. The van der Waals surface area contributed by atoms with E-state index in [2.05, 4.69) is 32.1 Å². The summed E-state index contributed by atoms with van der Waals surface area (Å²) in [5.41, 5.74) is 0. The Labute approximate surface area is 140 Å². The van der Waals surface area contributed by atoms with Crippen LogP contribution in [0.4, 0.5) is 5.13 Å². The number of amides is 1. The molecule has 1 unspecified atom stereocenters. The van der Waals surface area contributed by atoms with Gasteiger partial charge in [-0.2, -0.15) is 0 Å². The van der Waals surface area contributed by atoms with Crippen molar-refractivity contribution in [1.82, 2.24) is 19.8 Å². The number of carbonyl (C=O) groups is 1. The summed E-state index contributed by atoms with van der Waals surface area (Å²) in [7, 11) is -3.66. The number of carbonyl (C=O) groups excluding carboxylic acids is 1. The topological polar surface area (TPSA) is 104 Å². The van der Waals surface area contributed by atoms with Gasteiger partial charge in [0.05, 0.1) is 0 Å². The Morgan fingerprint density at radius 1 is 1.43 bits per heavy atom. The van der Waals surface area contributed by atoms with E-state index in [1.807, 2.05) is 0 Å². The zero-order valence-electron chi connectivity index (χ0n) is 13.4. The smallest absolute Gasteiger partial charge is 0.269 e. The predicted molar refractivity (Wildman–Crippen MR) is 88.9 cm³/mol. The second-order valence-electron chi connectivity index (χ2n) is 5.85. The number of hydrogen-bond donors (Lipinski definition) is 2. The maximum atomic E-state index is 12.1. The fraction of sp³-hybridized carbons (Fsp3) is 0.769. The van der Waals surface area contributed by atoms with Crippen LogP contribution in [-0.4, -0.2) is 55.6 Å². The summed E-state index contributed by atoms with van der Waals surface area (Å²) < 4.78 is 26.6. The Hall–Kier alpha value is -1.10. The summed E-state index contributed by atoms with van der Waals surface area (Å²) >= 11 is 0.840. The molecular formula is C13H23N5O3S2. The number of nitrogens with zero attached hydrogens (tertiary/aromatic N) is 3. The fourth-order valence-electron chi connectivity index (χ4n) is 2.58. The van der Waals surface area contributed by atoms with E-state index in [4.69, 9.17) is 0 Å². The van der Waals surface area contributed by atoms with Gasteiger partial charge in [-0.3, -0.25) is 4.79 Å². The molecule has 1 aromatic heterocycles. The monoisotopic (exact) mass is 361 g/mol. The highest BCUT2D eigenvalue weighted by atomic mass is 32.2. The van der Waals surface area contributed by atoms with E-state index < -0.39 is 10.0 Å². The van der Waals surface area contributed by atoms with E-state index in [0.717, 1.165) is 37.4 Å². The van der Waals surface area contributed by atoms with Crippen molar-refractivity contribution in [3.8, 4) is 0 Å². The van der Waals surface area contributed by atoms with Crippen LogP contribution in [0.2, 0.25) is 0 Å². The first-order chi connectivity index (χ1) is 10.9. The van der Waals surface area contributed by atoms with Gasteiger partial charge in [0.2, 0.25) is 15.4 Å². The van der Waals surface area contributed by atoms with Crippen LogP contribution in [0.25, 0.3) is 0 Å². The maximum absolute atomic E-state index is 12.1. The molecule has 0 saturated carbocycles. The number of hydrogen-bond acceptors (Lipinski definition) is 7. The third-order valence-corrected chi connectivity index (χ3v) is 6.27. The van der Waals surface area contributed by atoms with E-state index in [9.17, 15) is 13.2 Å². The van der Waals surface area contributed by atoms with Gasteiger partial charge in [0.1, 0.15) is 0 Å². The number of rotatable bonds is 7. The molecule has 0 bridgehead atoms. The summed E-state index contributed by atoms with van der Waals surface area (Å²) in [4.78, 5) is 13.3. The summed E-state index contributed by atoms with van der Waals surface area (Å²) in [6.07, 6.45) is 3.24. The number of nitrogens with one attached hydrogen (secondary N) is 2. The summed E-state index contributed by atoms with van der Waals surface area (Å²) in [5.74, 6) is 0.405. The normalized spacial score (nSPS) is 19.7. The van der Waals surface area contributed by atoms with Gasteiger partial charge >= 0.3 is 0 Å². The molecule has 1 atom stereocenters. The third-order valence-electron chi connectivity index (χ3n) is 3.60. The molecular weight excluding hydrogens is 338 g/mol. The van der Waals surface area contributed by atoms with Crippen LogP contribution < -0.4 is 10.0 Å². The van der Waals surface area contributed by atoms with Gasteiger partial charge in [-0.1, -0.05) is 18.3 Å². The molecule has 130 valence electrons. The molecule has 1 saturated heterocycles. The van der Waals surface area contributed by atoms with Gasteiger partial charge in [-0.15, -0.1) is 10.2 Å². The van der Waals surface area contributed by atoms with Crippen LogP contribution in [0.5, 0.6) is 0 Å². The van der Waals surface area contributed by atoms with Crippen molar-refractivity contribution < 1.29 is 13.2 Å². The lowest BCUT2D eigenvalue weighted by Crippen LogP contribution is -2.36. The second kappa shape index (κ2) is 8.13. The zero-order chi connectivity index (χ0) is 16.9. The number of anilines is 1. The predicted octanol–water partition coefficient (Wildman–Crippen LogP) is 0.897. The average Bonchev–Trinajstić information content (AvgIpc) is 2.92. The Bertz CT molecular complexity index is 631. The van der Waals surface area contributed by atoms with E-state index in [1.165, 1.54) is 19.8 Å². The molecule has 0 spiro atoms. The largest absolute Gasteiger partial charge is 0.303 e. The van der Waals surface area contributed by atoms with Crippen LogP contribution in [-0.2, 0) is 14.8 Å². The first-order valence-corrected chi connectivity index (χ1v) is 10.00. The molecule has 2 heterocycles. The Morgan fingerprint density at radius 3 is 2.91 bits per heavy atom. The first-order valence-electron chi connectivity index (χ1n) is 7.70. The van der Waals surface area contributed by atoms with Crippen molar-refractivity contribution in [2.24, 2.45) is 5.92 Å². The summed E-state index contributed by atoms with van der Waals surface area (Å²) in [6, 6.07) is 0. The van der Waals surface area contributed by atoms with Crippen LogP contribution in [0.1, 0.15) is 33.1 Å². The molecule has 1 amide bonds. The van der Waals surface area contributed by atoms with Crippen LogP contribution in [0.3, 0.4) is 0 Å². The fourth-order valence-corrected chi connectivity index (χ4v) is 4.64. The number of aromatic nitrogens is 2. The molecule has 0 aromatic carbocycles. The van der Waals surface area contributed by atoms with Crippen molar-refractivity contribution >= 4 is 32.4 Å². The Balaban J connectivity index is 1.77. The molecule has 0 radical (unpaired) electrons. The lowest BCUT2D eigenvalue weighted by Gasteiger charge is -2.30. The van der Waals surface area contributed by atoms with Gasteiger partial charge < -0.3 is 10.2 Å². The van der Waals surface area contributed by atoms with Gasteiger partial charge in [0.15, 0.2) is 0 Å². The molecule has 0 aliphatic carbocycles. The Kier molecular flexibility index (Phi) is 6.45. The molecule has 1 aliphatic rings. The molecule has 1 aliphatic heterocycles. The average molecular weight is 361 g/mol. The summed E-state index contributed by atoms with van der Waals surface area (Å²) in [5, 5.41) is 9.85. The minimum Gasteiger partial charge on any atom is -0.303 e. The highest BCUT2D eigenvalue weighted by molar-refractivity contribution is 7.91. The highest BCUT2D eigenvalue weighted by Gasteiger charge is 2.20. The molecule has 1 aromatic rings. The van der Waals surface area contributed by atoms with Gasteiger partial charge in [0, 0.05) is 20.0 Å². The molecule has 8 nitrogen and oxygen atoms in total. The van der Waals surface area contributed by atoms with E-state index in [-0.39, 0.29) is 15.4 Å².